The molecule has 0 fully saturated rings. The van der Waals surface area contributed by atoms with Crippen LogP contribution < -0.4 is 10.2 Å². The van der Waals surface area contributed by atoms with Crippen molar-refractivity contribution < 1.29 is 37.3 Å². The molecule has 0 spiro atoms. The number of phosphoric acid groups is 1. The maximum Gasteiger partial charge on any atom is 0.306 e. The lowest BCUT2D eigenvalue weighted by Crippen LogP contribution is -2.47. The number of carbonyl (C=O) groups is 2. The van der Waals surface area contributed by atoms with Crippen LogP contribution in [0.4, 0.5) is 0 Å². The van der Waals surface area contributed by atoms with Crippen LogP contribution in [0.15, 0.2) is 97.2 Å². The third kappa shape index (κ3) is 55.7. The Morgan fingerprint density at radius 1 is 0.474 bits per heavy atom. The number of likely N-dealkylation sites (N-methyl/N-ethyl adjacent to an activating group) is 1. The number of unbranched alkanes of at least 4 members (excludes halogenated alkanes) is 25. The highest BCUT2D eigenvalue weighted by Gasteiger charge is 2.27. The molecule has 0 bridgehead atoms. The zero-order valence-corrected chi connectivity index (χ0v) is 50.8. The van der Waals surface area contributed by atoms with E-state index in [4.69, 9.17) is 13.8 Å². The molecule has 0 aliphatic heterocycles. The van der Waals surface area contributed by atoms with Gasteiger partial charge in [-0.1, -0.05) is 240 Å². The van der Waals surface area contributed by atoms with Crippen molar-refractivity contribution in [2.75, 3.05) is 40.9 Å². The minimum Gasteiger partial charge on any atom is -0.756 e. The molecule has 0 saturated heterocycles. The van der Waals surface area contributed by atoms with Crippen LogP contribution in [0.2, 0.25) is 0 Å². The van der Waals surface area contributed by atoms with Gasteiger partial charge in [-0.2, -0.15) is 0 Å². The average molecular weight is 1080 g/mol. The van der Waals surface area contributed by atoms with Crippen molar-refractivity contribution in [2.45, 2.75) is 270 Å². The van der Waals surface area contributed by atoms with Crippen molar-refractivity contribution in [1.82, 2.24) is 5.32 Å². The third-order valence-corrected chi connectivity index (χ3v) is 14.2. The lowest BCUT2D eigenvalue weighted by Gasteiger charge is -2.30. The van der Waals surface area contributed by atoms with Gasteiger partial charge in [0.05, 0.1) is 33.8 Å². The predicted molar refractivity (Wildman–Crippen MR) is 325 cm³/mol. The number of hydrogen-bond acceptors (Lipinski definition) is 7. The highest BCUT2D eigenvalue weighted by Crippen LogP contribution is 2.38. The van der Waals surface area contributed by atoms with Crippen LogP contribution in [0.1, 0.15) is 258 Å². The van der Waals surface area contributed by atoms with Gasteiger partial charge in [0.1, 0.15) is 19.3 Å². The fourth-order valence-electron chi connectivity index (χ4n) is 8.53. The quantitative estimate of drug-likeness (QED) is 0.0212. The lowest BCUT2D eigenvalue weighted by atomic mass is 10.0. The van der Waals surface area contributed by atoms with Gasteiger partial charge in [0.25, 0.3) is 7.82 Å². The second kappa shape index (κ2) is 55.3. The van der Waals surface area contributed by atoms with Gasteiger partial charge in [-0.3, -0.25) is 14.2 Å². The fraction of sp³-hybridized carbons (Fsp3) is 0.727. The van der Waals surface area contributed by atoms with E-state index < -0.39 is 26.6 Å². The van der Waals surface area contributed by atoms with Gasteiger partial charge >= 0.3 is 5.97 Å². The van der Waals surface area contributed by atoms with Crippen molar-refractivity contribution in [3.8, 4) is 0 Å². The average Bonchev–Trinajstić information content (AvgIpc) is 3.38. The van der Waals surface area contributed by atoms with E-state index in [1.807, 2.05) is 33.3 Å². The highest BCUT2D eigenvalue weighted by molar-refractivity contribution is 7.45. The molecule has 0 aromatic rings. The van der Waals surface area contributed by atoms with E-state index in [9.17, 15) is 19.0 Å². The topological polar surface area (TPSA) is 114 Å². The summed E-state index contributed by atoms with van der Waals surface area (Å²) in [5.74, 6) is -0.561. The molecule has 9 nitrogen and oxygen atoms in total. The van der Waals surface area contributed by atoms with E-state index in [-0.39, 0.29) is 24.9 Å². The number of phosphoric ester groups is 1. The lowest BCUT2D eigenvalue weighted by molar-refractivity contribution is -0.870. The summed E-state index contributed by atoms with van der Waals surface area (Å²) in [5, 5.41) is 3.02. The number of rotatable bonds is 55. The van der Waals surface area contributed by atoms with Crippen molar-refractivity contribution >= 4 is 19.7 Å². The Hall–Kier alpha value is -3.07. The van der Waals surface area contributed by atoms with Gasteiger partial charge in [0.15, 0.2) is 0 Å². The normalized spacial score (nSPS) is 14.4. The molecule has 1 amide bonds. The Morgan fingerprint density at radius 3 is 1.26 bits per heavy atom. The summed E-state index contributed by atoms with van der Waals surface area (Å²) < 4.78 is 30.3. The molecule has 0 heterocycles. The number of nitrogens with zero attached hydrogens (tertiary/aromatic N) is 1. The number of nitrogens with one attached hydrogen (secondary N) is 1. The number of ether oxygens (including phenoxy) is 1. The number of allylic oxidation sites excluding steroid dienone is 15. The van der Waals surface area contributed by atoms with E-state index >= 15 is 0 Å². The molecule has 3 atom stereocenters. The largest absolute Gasteiger partial charge is 0.756 e. The van der Waals surface area contributed by atoms with Crippen LogP contribution >= 0.6 is 7.82 Å². The van der Waals surface area contributed by atoms with Gasteiger partial charge in [0, 0.05) is 12.8 Å². The van der Waals surface area contributed by atoms with Crippen LogP contribution in [0.25, 0.3) is 0 Å². The van der Waals surface area contributed by atoms with Crippen molar-refractivity contribution in [2.24, 2.45) is 0 Å². The minimum absolute atomic E-state index is 0.0290. The first-order chi connectivity index (χ1) is 36.9. The summed E-state index contributed by atoms with van der Waals surface area (Å²) >= 11 is 0. The molecule has 76 heavy (non-hydrogen) atoms. The Labute approximate surface area is 468 Å². The van der Waals surface area contributed by atoms with Gasteiger partial charge < -0.3 is 28.5 Å². The van der Waals surface area contributed by atoms with Gasteiger partial charge in [-0.05, 0) is 102 Å². The summed E-state index contributed by atoms with van der Waals surface area (Å²) in [7, 11) is 1.16. The van der Waals surface area contributed by atoms with Gasteiger partial charge in [0.2, 0.25) is 5.91 Å². The molecular weight excluding hydrogens is 964 g/mol. The van der Waals surface area contributed by atoms with Crippen molar-refractivity contribution in [3.05, 3.63) is 97.2 Å². The van der Waals surface area contributed by atoms with Crippen LogP contribution in [-0.2, 0) is 27.9 Å². The van der Waals surface area contributed by atoms with Crippen LogP contribution in [-0.4, -0.2) is 69.4 Å². The summed E-state index contributed by atoms with van der Waals surface area (Å²) in [6.07, 6.45) is 73.8. The van der Waals surface area contributed by atoms with Crippen LogP contribution in [0, 0.1) is 0 Å². The van der Waals surface area contributed by atoms with E-state index in [1.165, 1.54) is 96.3 Å². The SMILES string of the molecule is CC/C=C\C/C=C\C/C=C\C/C=C\C/C=C\CCCCCCCCCCCC(=O)OC(/C=C\CCCCCCCCCCC)C(COP(=O)([O-])OCC[N+](C)(C)C)NC(=O)CCCCCCCCC/C=C/C/C=C/CC. The molecule has 0 aromatic heterocycles. The first-order valence-corrected chi connectivity index (χ1v) is 32.5. The minimum atomic E-state index is -4.70. The second-order valence-electron chi connectivity index (χ2n) is 21.8. The molecule has 1 N–H and O–H groups in total. The molecule has 3 unspecified atom stereocenters. The number of carbonyl (C=O) groups excluding carboxylic acids is 2. The first kappa shape index (κ1) is 72.9. The number of quaternary nitrogens is 1. The fourth-order valence-corrected chi connectivity index (χ4v) is 9.25. The molecule has 0 aliphatic carbocycles. The number of hydrogen-bond donors (Lipinski definition) is 1. The van der Waals surface area contributed by atoms with Crippen molar-refractivity contribution in [3.63, 3.8) is 0 Å². The molecule has 0 rings (SSSR count). The summed E-state index contributed by atoms with van der Waals surface area (Å²) in [5.41, 5.74) is 0. The number of esters is 1. The van der Waals surface area contributed by atoms with E-state index in [2.05, 4.69) is 111 Å². The van der Waals surface area contributed by atoms with Gasteiger partial charge in [-0.15, -0.1) is 0 Å². The monoisotopic (exact) mass is 1080 g/mol. The second-order valence-corrected chi connectivity index (χ2v) is 23.2. The Bertz CT molecular complexity index is 1620. The van der Waals surface area contributed by atoms with Crippen LogP contribution in [0.5, 0.6) is 0 Å². The standard InChI is InChI=1S/C66H117N2O7P/c1-7-10-13-16-19-22-25-27-29-30-31-32-33-34-35-36-37-38-39-41-44-47-50-53-56-59-66(70)75-64(57-54-51-48-45-42-24-21-18-15-12-9-3)63(62-74-76(71,72)73-61-60-68(4,5)6)67-65(69)58-55-52-49-46-43-40-28-26-23-20-17-14-11-8-2/h10-11,13-14,19-20,22-23,27,29,31-32,34-35,54,57,63-64H,7-9,12,15-18,21,24-26,28,30,33,36-53,55-56,58-62H2,1-6H3,(H-,67,69,71,72)/b13-10-,14-11+,22-19-,23-20+,29-27-,32-31-,35-34-,57-54-. The Kier molecular flexibility index (Phi) is 53.0. The molecule has 0 aliphatic rings. The van der Waals surface area contributed by atoms with Crippen molar-refractivity contribution in [1.29, 1.82) is 0 Å². The molecule has 0 aromatic carbocycles. The summed E-state index contributed by atoms with van der Waals surface area (Å²) in [4.78, 5) is 39.9. The third-order valence-electron chi connectivity index (χ3n) is 13.3. The zero-order chi connectivity index (χ0) is 55.7. The maximum atomic E-state index is 13.5. The van der Waals surface area contributed by atoms with E-state index in [1.54, 1.807) is 0 Å². The Morgan fingerprint density at radius 2 is 0.842 bits per heavy atom. The molecule has 0 saturated carbocycles. The summed E-state index contributed by atoms with van der Waals surface area (Å²) in [6, 6.07) is -0.899. The molecule has 438 valence electrons. The van der Waals surface area contributed by atoms with Crippen LogP contribution in [0.3, 0.4) is 0 Å². The van der Waals surface area contributed by atoms with E-state index in [0.717, 1.165) is 128 Å². The molecular formula is C66H117N2O7P. The smallest absolute Gasteiger partial charge is 0.306 e. The first-order valence-electron chi connectivity index (χ1n) is 31.0. The van der Waals surface area contributed by atoms with Gasteiger partial charge in [-0.25, -0.2) is 0 Å². The number of amides is 1. The maximum absolute atomic E-state index is 13.5. The summed E-state index contributed by atoms with van der Waals surface area (Å²) in [6.45, 7) is 6.60. The predicted octanol–water partition coefficient (Wildman–Crippen LogP) is 18.5. The van der Waals surface area contributed by atoms with E-state index in [0.29, 0.717) is 17.4 Å². The highest BCUT2D eigenvalue weighted by atomic mass is 31.2. The molecule has 0 radical (unpaired) electrons. The zero-order valence-electron chi connectivity index (χ0n) is 49.9. The molecule has 10 heteroatoms. The Balaban J connectivity index is 5.14.